The molecule has 1 amide bonds. The van der Waals surface area contributed by atoms with Gasteiger partial charge in [-0.05, 0) is 95.8 Å². The van der Waals surface area contributed by atoms with E-state index in [0.29, 0.717) is 12.0 Å². The third-order valence-corrected chi connectivity index (χ3v) is 7.71. The fourth-order valence-electron chi connectivity index (χ4n) is 5.12. The highest BCUT2D eigenvalue weighted by atomic mass is 16.5. The molecule has 0 aliphatic carbocycles. The molecule has 212 valence electrons. The molecule has 4 heteroatoms. The Morgan fingerprint density at radius 2 is 1.48 bits per heavy atom. The second-order valence-electron chi connectivity index (χ2n) is 13.8. The average Bonchev–Trinajstić information content (AvgIpc) is 2.86. The second-order valence-corrected chi connectivity index (χ2v) is 13.8. The molecule has 1 aliphatic rings. The quantitative estimate of drug-likeness (QED) is 0.329. The molecule has 2 N–H and O–H groups in total. The van der Waals surface area contributed by atoms with E-state index in [0.717, 1.165) is 34.7 Å². The molecule has 0 spiro atoms. The van der Waals surface area contributed by atoms with Crippen molar-refractivity contribution in [1.82, 2.24) is 5.32 Å². The van der Waals surface area contributed by atoms with E-state index < -0.39 is 5.60 Å². The second kappa shape index (κ2) is 10.8. The van der Waals surface area contributed by atoms with Crippen molar-refractivity contribution in [2.45, 2.75) is 97.6 Å². The van der Waals surface area contributed by atoms with Gasteiger partial charge in [-0.3, -0.25) is 4.79 Å². The molecule has 3 aromatic rings. The van der Waals surface area contributed by atoms with E-state index in [9.17, 15) is 4.79 Å². The maximum atomic E-state index is 13.2. The molecule has 0 radical (unpaired) electrons. The summed E-state index contributed by atoms with van der Waals surface area (Å²) in [7, 11) is 0. The number of fused-ring (bicyclic) bond motifs is 1. The van der Waals surface area contributed by atoms with Crippen molar-refractivity contribution in [3.8, 4) is 5.75 Å². The zero-order valence-electron chi connectivity index (χ0n) is 25.8. The molecule has 0 saturated heterocycles. The van der Waals surface area contributed by atoms with E-state index in [2.05, 4.69) is 104 Å². The summed E-state index contributed by atoms with van der Waals surface area (Å²) in [5.74, 6) is 0.719. The Hall–Kier alpha value is -3.53. The third kappa shape index (κ3) is 6.78. The maximum Gasteiger partial charge on any atom is 0.251 e. The van der Waals surface area contributed by atoms with Gasteiger partial charge < -0.3 is 15.4 Å². The molecular formula is C36H46N2O2. The van der Waals surface area contributed by atoms with Crippen molar-refractivity contribution >= 4 is 17.3 Å². The van der Waals surface area contributed by atoms with Gasteiger partial charge in [-0.15, -0.1) is 0 Å². The predicted octanol–water partition coefficient (Wildman–Crippen LogP) is 8.96. The van der Waals surface area contributed by atoms with Gasteiger partial charge >= 0.3 is 0 Å². The SMILES string of the molecule is C=C(Nc1cc(C(C)(C)C)cc(C(C)(C)C)c1)c1ccc2c(c1)C(NC(=O)c1ccc(CC)cc1)CC(C)(C)O2. The van der Waals surface area contributed by atoms with Crippen LogP contribution in [0.5, 0.6) is 5.75 Å². The maximum absolute atomic E-state index is 13.2. The van der Waals surface area contributed by atoms with Gasteiger partial charge in [0.15, 0.2) is 0 Å². The van der Waals surface area contributed by atoms with Gasteiger partial charge in [0.25, 0.3) is 5.91 Å². The third-order valence-electron chi connectivity index (χ3n) is 7.71. The molecule has 1 aliphatic heterocycles. The molecule has 0 fully saturated rings. The molecule has 0 aromatic heterocycles. The number of hydrogen-bond donors (Lipinski definition) is 2. The zero-order valence-corrected chi connectivity index (χ0v) is 25.8. The number of carbonyl (C=O) groups excluding carboxylic acids is 1. The first-order valence-corrected chi connectivity index (χ1v) is 14.4. The lowest BCUT2D eigenvalue weighted by Gasteiger charge is -2.38. The van der Waals surface area contributed by atoms with E-state index in [1.165, 1.54) is 16.7 Å². The Morgan fingerprint density at radius 3 is 2.02 bits per heavy atom. The first kappa shape index (κ1) is 29.5. The van der Waals surface area contributed by atoms with Gasteiger partial charge in [0.05, 0.1) is 6.04 Å². The lowest BCUT2D eigenvalue weighted by molar-refractivity contribution is 0.0619. The average molecular weight is 539 g/mol. The van der Waals surface area contributed by atoms with Crippen LogP contribution in [0.2, 0.25) is 0 Å². The van der Waals surface area contributed by atoms with Gasteiger partial charge in [-0.1, -0.05) is 73.2 Å². The summed E-state index contributed by atoms with van der Waals surface area (Å²) in [6.45, 7) is 24.1. The molecule has 1 unspecified atom stereocenters. The summed E-state index contributed by atoms with van der Waals surface area (Å²) >= 11 is 0. The molecule has 1 atom stereocenters. The van der Waals surface area contributed by atoms with Crippen LogP contribution in [0, 0.1) is 0 Å². The highest BCUT2D eigenvalue weighted by Gasteiger charge is 2.35. The highest BCUT2D eigenvalue weighted by molar-refractivity contribution is 5.94. The fraction of sp³-hybridized carbons (Fsp3) is 0.417. The van der Waals surface area contributed by atoms with E-state index in [4.69, 9.17) is 4.74 Å². The van der Waals surface area contributed by atoms with Crippen LogP contribution in [0.3, 0.4) is 0 Å². The Kier molecular flexibility index (Phi) is 7.95. The lowest BCUT2D eigenvalue weighted by Crippen LogP contribution is -2.41. The van der Waals surface area contributed by atoms with Crippen LogP contribution in [0.15, 0.2) is 67.2 Å². The van der Waals surface area contributed by atoms with Gasteiger partial charge in [0.1, 0.15) is 11.4 Å². The summed E-state index contributed by atoms with van der Waals surface area (Å²) in [5, 5.41) is 6.86. The minimum absolute atomic E-state index is 0.0251. The van der Waals surface area contributed by atoms with E-state index in [1.54, 1.807) is 0 Å². The summed E-state index contributed by atoms with van der Waals surface area (Å²) in [4.78, 5) is 13.2. The molecule has 3 aromatic carbocycles. The molecule has 40 heavy (non-hydrogen) atoms. The van der Waals surface area contributed by atoms with Crippen LogP contribution in [0.1, 0.15) is 113 Å². The number of nitrogens with one attached hydrogen (secondary N) is 2. The Bertz CT molecular complexity index is 1370. The number of aryl methyl sites for hydroxylation is 1. The molecule has 4 rings (SSSR count). The van der Waals surface area contributed by atoms with Crippen molar-refractivity contribution in [2.75, 3.05) is 5.32 Å². The van der Waals surface area contributed by atoms with Gasteiger partial charge in [-0.25, -0.2) is 0 Å². The van der Waals surface area contributed by atoms with Crippen LogP contribution in [0.4, 0.5) is 5.69 Å². The Morgan fingerprint density at radius 1 is 0.900 bits per heavy atom. The number of amides is 1. The van der Waals surface area contributed by atoms with Crippen LogP contribution in [-0.4, -0.2) is 11.5 Å². The van der Waals surface area contributed by atoms with Crippen LogP contribution < -0.4 is 15.4 Å². The first-order chi connectivity index (χ1) is 18.6. The Labute approximate surface area is 241 Å². The molecule has 4 nitrogen and oxygen atoms in total. The number of rotatable bonds is 6. The van der Waals surface area contributed by atoms with E-state index in [1.807, 2.05) is 36.4 Å². The minimum atomic E-state index is -0.398. The molecule has 0 bridgehead atoms. The predicted molar refractivity (Wildman–Crippen MR) is 168 cm³/mol. The van der Waals surface area contributed by atoms with E-state index >= 15 is 0 Å². The summed E-state index contributed by atoms with van der Waals surface area (Å²) in [5.41, 5.74) is 7.86. The van der Waals surface area contributed by atoms with Gasteiger partial charge in [0.2, 0.25) is 0 Å². The number of ether oxygens (including phenoxy) is 1. The molecule has 0 saturated carbocycles. The Balaban J connectivity index is 1.63. The normalized spacial score (nSPS) is 16.5. The zero-order chi connectivity index (χ0) is 29.5. The monoisotopic (exact) mass is 538 g/mol. The van der Waals surface area contributed by atoms with Crippen molar-refractivity contribution in [1.29, 1.82) is 0 Å². The standard InChI is InChI=1S/C36H46N2O2/c1-11-24-12-14-25(15-13-24)33(39)38-31-22-36(9,10)40-32-17-16-26(18-30(31)32)23(2)37-29-20-27(34(3,4)5)19-28(21-29)35(6,7)8/h12-21,31,37H,2,11,22H2,1,3-10H3,(H,38,39). The van der Waals surface area contributed by atoms with Crippen molar-refractivity contribution < 1.29 is 9.53 Å². The van der Waals surface area contributed by atoms with Crippen molar-refractivity contribution in [3.05, 3.63) is 101 Å². The van der Waals surface area contributed by atoms with Crippen LogP contribution in [0.25, 0.3) is 5.70 Å². The van der Waals surface area contributed by atoms with Gasteiger partial charge in [-0.2, -0.15) is 0 Å². The lowest BCUT2D eigenvalue weighted by atomic mass is 9.80. The fourth-order valence-corrected chi connectivity index (χ4v) is 5.12. The number of anilines is 1. The smallest absolute Gasteiger partial charge is 0.251 e. The topological polar surface area (TPSA) is 50.4 Å². The summed E-state index contributed by atoms with van der Waals surface area (Å²) in [6.07, 6.45) is 1.62. The van der Waals surface area contributed by atoms with Crippen molar-refractivity contribution in [2.24, 2.45) is 0 Å². The largest absolute Gasteiger partial charge is 0.487 e. The number of hydrogen-bond acceptors (Lipinski definition) is 3. The number of benzene rings is 3. The van der Waals surface area contributed by atoms with Crippen LogP contribution in [-0.2, 0) is 17.3 Å². The highest BCUT2D eigenvalue weighted by Crippen LogP contribution is 2.41. The van der Waals surface area contributed by atoms with Gasteiger partial charge in [0, 0.05) is 28.9 Å². The van der Waals surface area contributed by atoms with Crippen LogP contribution >= 0.6 is 0 Å². The van der Waals surface area contributed by atoms with Crippen molar-refractivity contribution in [3.63, 3.8) is 0 Å². The first-order valence-electron chi connectivity index (χ1n) is 14.4. The number of carbonyl (C=O) groups is 1. The minimum Gasteiger partial charge on any atom is -0.487 e. The molecular weight excluding hydrogens is 492 g/mol. The van der Waals surface area contributed by atoms with E-state index in [-0.39, 0.29) is 22.8 Å². The summed E-state index contributed by atoms with van der Waals surface area (Å²) in [6, 6.07) is 20.6. The summed E-state index contributed by atoms with van der Waals surface area (Å²) < 4.78 is 6.33. The molecule has 1 heterocycles.